The highest BCUT2D eigenvalue weighted by molar-refractivity contribution is 14.1. The SMILES string of the molecule is Cc1nc2cc(I)c(I)cc2s1. The van der Waals surface area contributed by atoms with E-state index in [1.165, 1.54) is 11.8 Å². The lowest BCUT2D eigenvalue weighted by atomic mass is 10.3. The largest absolute Gasteiger partial charge is 0.241 e. The van der Waals surface area contributed by atoms with Crippen molar-refractivity contribution in [2.24, 2.45) is 0 Å². The molecule has 2 rings (SSSR count). The summed E-state index contributed by atoms with van der Waals surface area (Å²) in [5.41, 5.74) is 1.13. The van der Waals surface area contributed by atoms with Crippen molar-refractivity contribution in [1.29, 1.82) is 0 Å². The summed E-state index contributed by atoms with van der Waals surface area (Å²) in [6.07, 6.45) is 0. The second kappa shape index (κ2) is 3.38. The maximum atomic E-state index is 4.43. The molecule has 0 N–H and O–H groups in total. The average Bonchev–Trinajstić information content (AvgIpc) is 2.30. The molecule has 2 aromatic rings. The number of thiazole rings is 1. The third-order valence-electron chi connectivity index (χ3n) is 1.54. The van der Waals surface area contributed by atoms with Gasteiger partial charge in [0.1, 0.15) is 0 Å². The van der Waals surface area contributed by atoms with E-state index in [4.69, 9.17) is 0 Å². The molecule has 0 aliphatic carbocycles. The summed E-state index contributed by atoms with van der Waals surface area (Å²) >= 11 is 6.45. The second-order valence-corrected chi connectivity index (χ2v) is 6.03. The van der Waals surface area contributed by atoms with Crippen molar-refractivity contribution in [1.82, 2.24) is 4.98 Å². The molecule has 1 aromatic carbocycles. The Bertz CT molecular complexity index is 397. The van der Waals surface area contributed by atoms with Crippen molar-refractivity contribution in [3.05, 3.63) is 24.3 Å². The van der Waals surface area contributed by atoms with Crippen LogP contribution >= 0.6 is 56.5 Å². The Morgan fingerprint density at radius 2 is 1.92 bits per heavy atom. The van der Waals surface area contributed by atoms with Crippen molar-refractivity contribution >= 4 is 66.7 Å². The van der Waals surface area contributed by atoms with Crippen LogP contribution < -0.4 is 0 Å². The van der Waals surface area contributed by atoms with E-state index in [-0.39, 0.29) is 0 Å². The van der Waals surface area contributed by atoms with E-state index in [2.05, 4.69) is 62.3 Å². The second-order valence-electron chi connectivity index (χ2n) is 2.47. The van der Waals surface area contributed by atoms with Crippen LogP contribution in [0, 0.1) is 14.1 Å². The van der Waals surface area contributed by atoms with Crippen molar-refractivity contribution in [2.45, 2.75) is 6.92 Å². The first-order valence-electron chi connectivity index (χ1n) is 3.39. The normalized spacial score (nSPS) is 10.9. The number of halogens is 2. The molecule has 1 nitrogen and oxygen atoms in total. The lowest BCUT2D eigenvalue weighted by Gasteiger charge is -1.93. The van der Waals surface area contributed by atoms with Gasteiger partial charge in [-0.2, -0.15) is 0 Å². The number of nitrogens with zero attached hydrogens (tertiary/aromatic N) is 1. The van der Waals surface area contributed by atoms with E-state index in [9.17, 15) is 0 Å². The number of aromatic nitrogens is 1. The number of rotatable bonds is 0. The van der Waals surface area contributed by atoms with E-state index >= 15 is 0 Å². The molecule has 4 heteroatoms. The highest BCUT2D eigenvalue weighted by atomic mass is 127. The maximum Gasteiger partial charge on any atom is 0.0907 e. The quantitative estimate of drug-likeness (QED) is 0.613. The van der Waals surface area contributed by atoms with Crippen LogP contribution in [0.25, 0.3) is 10.2 Å². The fraction of sp³-hybridized carbons (Fsp3) is 0.125. The van der Waals surface area contributed by atoms with Gasteiger partial charge in [-0.3, -0.25) is 0 Å². The number of fused-ring (bicyclic) bond motifs is 1. The van der Waals surface area contributed by atoms with Gasteiger partial charge in [0.2, 0.25) is 0 Å². The number of hydrogen-bond donors (Lipinski definition) is 0. The van der Waals surface area contributed by atoms with Crippen molar-refractivity contribution < 1.29 is 0 Å². The van der Waals surface area contributed by atoms with Gasteiger partial charge in [0.15, 0.2) is 0 Å². The van der Waals surface area contributed by atoms with E-state index < -0.39 is 0 Å². The van der Waals surface area contributed by atoms with Crippen LogP contribution in [0.2, 0.25) is 0 Å². The molecule has 0 amide bonds. The number of aryl methyl sites for hydroxylation is 1. The smallest absolute Gasteiger partial charge is 0.0907 e. The zero-order chi connectivity index (χ0) is 8.72. The van der Waals surface area contributed by atoms with Gasteiger partial charge in [-0.1, -0.05) is 0 Å². The molecule has 1 heterocycles. The summed E-state index contributed by atoms with van der Waals surface area (Å²) in [4.78, 5) is 4.43. The Labute approximate surface area is 102 Å². The first kappa shape index (κ1) is 9.14. The van der Waals surface area contributed by atoms with Crippen LogP contribution in [0.3, 0.4) is 0 Å². The summed E-state index contributed by atoms with van der Waals surface area (Å²) in [6, 6.07) is 4.34. The van der Waals surface area contributed by atoms with Crippen LogP contribution in [-0.4, -0.2) is 4.98 Å². The van der Waals surface area contributed by atoms with Gasteiger partial charge in [-0.05, 0) is 64.2 Å². The molecule has 0 fully saturated rings. The summed E-state index contributed by atoms with van der Waals surface area (Å²) in [6.45, 7) is 2.05. The molecule has 0 atom stereocenters. The molecule has 1 aromatic heterocycles. The maximum absolute atomic E-state index is 4.43. The van der Waals surface area contributed by atoms with Gasteiger partial charge in [0.25, 0.3) is 0 Å². The van der Waals surface area contributed by atoms with Crippen LogP contribution in [0.5, 0.6) is 0 Å². The van der Waals surface area contributed by atoms with Crippen molar-refractivity contribution in [2.75, 3.05) is 0 Å². The molecular formula is C8H5I2NS. The fourth-order valence-electron chi connectivity index (χ4n) is 1.04. The van der Waals surface area contributed by atoms with Crippen LogP contribution in [0.1, 0.15) is 5.01 Å². The molecule has 0 aliphatic rings. The topological polar surface area (TPSA) is 12.9 Å². The lowest BCUT2D eigenvalue weighted by Crippen LogP contribution is -1.78. The average molecular weight is 401 g/mol. The number of hydrogen-bond acceptors (Lipinski definition) is 2. The van der Waals surface area contributed by atoms with Gasteiger partial charge >= 0.3 is 0 Å². The summed E-state index contributed by atoms with van der Waals surface area (Å²) < 4.78 is 3.88. The minimum absolute atomic E-state index is 1.13. The van der Waals surface area contributed by atoms with Gasteiger partial charge in [-0.15, -0.1) is 11.3 Å². The first-order valence-corrected chi connectivity index (χ1v) is 6.36. The summed E-state index contributed by atoms with van der Waals surface area (Å²) in [7, 11) is 0. The highest BCUT2D eigenvalue weighted by Gasteiger charge is 2.03. The molecule has 0 saturated carbocycles. The fourth-order valence-corrected chi connectivity index (χ4v) is 3.02. The monoisotopic (exact) mass is 401 g/mol. The lowest BCUT2D eigenvalue weighted by molar-refractivity contribution is 1.34. The summed E-state index contributed by atoms with van der Waals surface area (Å²) in [5.74, 6) is 0. The van der Waals surface area contributed by atoms with Crippen molar-refractivity contribution in [3.8, 4) is 0 Å². The molecule has 62 valence electrons. The Hall–Kier alpha value is 0.570. The van der Waals surface area contributed by atoms with E-state index in [1.807, 2.05) is 6.92 Å². The first-order chi connectivity index (χ1) is 5.66. The summed E-state index contributed by atoms with van der Waals surface area (Å²) in [5, 5.41) is 1.14. The molecule has 0 spiro atoms. The minimum Gasteiger partial charge on any atom is -0.241 e. The third-order valence-corrected chi connectivity index (χ3v) is 5.29. The Morgan fingerprint density at radius 3 is 2.67 bits per heavy atom. The minimum atomic E-state index is 1.13. The van der Waals surface area contributed by atoms with E-state index in [0.717, 1.165) is 10.5 Å². The number of benzene rings is 1. The van der Waals surface area contributed by atoms with Crippen LogP contribution in [0.15, 0.2) is 12.1 Å². The molecule has 0 radical (unpaired) electrons. The highest BCUT2D eigenvalue weighted by Crippen LogP contribution is 2.26. The molecular weight excluding hydrogens is 396 g/mol. The van der Waals surface area contributed by atoms with Crippen LogP contribution in [0.4, 0.5) is 0 Å². The molecule has 12 heavy (non-hydrogen) atoms. The predicted molar refractivity (Wildman–Crippen MR) is 69.8 cm³/mol. The van der Waals surface area contributed by atoms with Crippen molar-refractivity contribution in [3.63, 3.8) is 0 Å². The zero-order valence-electron chi connectivity index (χ0n) is 6.27. The van der Waals surface area contributed by atoms with Gasteiger partial charge in [-0.25, -0.2) is 4.98 Å². The standard InChI is InChI=1S/C8H5I2NS/c1-4-11-7-2-5(9)6(10)3-8(7)12-4/h2-3H,1H3. The molecule has 0 bridgehead atoms. The molecule has 0 aliphatic heterocycles. The third kappa shape index (κ3) is 1.60. The molecule has 0 saturated heterocycles. The Kier molecular flexibility index (Phi) is 2.57. The van der Waals surface area contributed by atoms with Gasteiger partial charge in [0.05, 0.1) is 15.2 Å². The zero-order valence-corrected chi connectivity index (χ0v) is 11.4. The Morgan fingerprint density at radius 1 is 1.25 bits per heavy atom. The van der Waals surface area contributed by atoms with Crippen LogP contribution in [-0.2, 0) is 0 Å². The van der Waals surface area contributed by atoms with E-state index in [1.54, 1.807) is 11.3 Å². The Balaban J connectivity index is 2.83. The van der Waals surface area contributed by atoms with Gasteiger partial charge in [0, 0.05) is 7.14 Å². The molecule has 0 unspecified atom stereocenters. The van der Waals surface area contributed by atoms with E-state index in [0.29, 0.717) is 0 Å². The predicted octanol–water partition coefficient (Wildman–Crippen LogP) is 3.81. The van der Waals surface area contributed by atoms with Gasteiger partial charge < -0.3 is 0 Å².